The highest BCUT2D eigenvalue weighted by molar-refractivity contribution is 7.09. The van der Waals surface area contributed by atoms with Crippen LogP contribution in [0.4, 0.5) is 14.5 Å². The van der Waals surface area contributed by atoms with Crippen molar-refractivity contribution in [1.29, 1.82) is 0 Å². The number of hydrogen-bond acceptors (Lipinski definition) is 4. The van der Waals surface area contributed by atoms with E-state index in [2.05, 4.69) is 10.3 Å². The van der Waals surface area contributed by atoms with Gasteiger partial charge in [0.15, 0.2) is 0 Å². The van der Waals surface area contributed by atoms with Crippen LogP contribution in [0.15, 0.2) is 47.5 Å². The van der Waals surface area contributed by atoms with E-state index in [9.17, 15) is 18.4 Å². The maximum atomic E-state index is 13.1. The fourth-order valence-electron chi connectivity index (χ4n) is 2.45. The van der Waals surface area contributed by atoms with Gasteiger partial charge in [0, 0.05) is 10.9 Å². The van der Waals surface area contributed by atoms with E-state index in [-0.39, 0.29) is 22.9 Å². The van der Waals surface area contributed by atoms with Crippen molar-refractivity contribution in [2.75, 3.05) is 5.32 Å². The lowest BCUT2D eigenvalue weighted by atomic mass is 10.1. The summed E-state index contributed by atoms with van der Waals surface area (Å²) in [4.78, 5) is 28.5. The van der Waals surface area contributed by atoms with E-state index in [0.29, 0.717) is 11.3 Å². The predicted octanol–water partition coefficient (Wildman–Crippen LogP) is 3.20. The lowest BCUT2D eigenvalue weighted by Gasteiger charge is -2.10. The highest BCUT2D eigenvalue weighted by Gasteiger charge is 2.16. The molecule has 0 saturated carbocycles. The Balaban J connectivity index is 1.88. The van der Waals surface area contributed by atoms with Gasteiger partial charge in [0.2, 0.25) is 5.91 Å². The van der Waals surface area contributed by atoms with Gasteiger partial charge in [0.25, 0.3) is 0 Å². The predicted molar refractivity (Wildman–Crippen MR) is 91.5 cm³/mol. The number of rotatable bonds is 4. The topological polar surface area (TPSA) is 64.0 Å². The number of benzene rings is 1. The maximum Gasteiger partial charge on any atom is 0.308 e. The first-order chi connectivity index (χ1) is 11.9. The SMILES string of the molecule is Cc1sc(=O)n(CC(=O)Nc2cncc(F)c2)c1-c1ccc(F)cc1. The summed E-state index contributed by atoms with van der Waals surface area (Å²) in [5.41, 5.74) is 1.40. The van der Waals surface area contributed by atoms with E-state index in [4.69, 9.17) is 0 Å². The molecule has 5 nitrogen and oxygen atoms in total. The van der Waals surface area contributed by atoms with Gasteiger partial charge in [-0.15, -0.1) is 0 Å². The summed E-state index contributed by atoms with van der Waals surface area (Å²) in [5, 5.41) is 2.50. The number of hydrogen-bond donors (Lipinski definition) is 1. The minimum absolute atomic E-state index is 0.202. The molecule has 0 aliphatic carbocycles. The molecule has 0 radical (unpaired) electrons. The zero-order valence-corrected chi connectivity index (χ0v) is 13.9. The summed E-state index contributed by atoms with van der Waals surface area (Å²) in [5.74, 6) is -1.45. The average Bonchev–Trinajstić information content (AvgIpc) is 2.82. The number of nitrogens with one attached hydrogen (secondary N) is 1. The minimum atomic E-state index is -0.576. The fraction of sp³-hybridized carbons (Fsp3) is 0.118. The Kier molecular flexibility index (Phi) is 4.71. The van der Waals surface area contributed by atoms with E-state index in [0.717, 1.165) is 28.5 Å². The van der Waals surface area contributed by atoms with E-state index >= 15 is 0 Å². The molecule has 1 aromatic carbocycles. The van der Waals surface area contributed by atoms with Crippen LogP contribution >= 0.6 is 11.3 Å². The standard InChI is InChI=1S/C17H13F2N3O2S/c1-10-16(11-2-4-12(18)5-3-11)22(17(24)25-10)9-15(23)21-14-6-13(19)7-20-8-14/h2-8H,9H2,1H3,(H,21,23). The van der Waals surface area contributed by atoms with E-state index in [1.807, 2.05) is 0 Å². The quantitative estimate of drug-likeness (QED) is 0.776. The molecule has 0 unspecified atom stereocenters. The van der Waals surface area contributed by atoms with Gasteiger partial charge < -0.3 is 5.32 Å². The summed E-state index contributed by atoms with van der Waals surface area (Å²) in [6.45, 7) is 1.52. The summed E-state index contributed by atoms with van der Waals surface area (Å²) in [6.07, 6.45) is 2.33. The van der Waals surface area contributed by atoms with Crippen molar-refractivity contribution in [1.82, 2.24) is 9.55 Å². The van der Waals surface area contributed by atoms with Crippen LogP contribution in [0.3, 0.4) is 0 Å². The van der Waals surface area contributed by atoms with E-state index in [1.54, 1.807) is 19.1 Å². The monoisotopic (exact) mass is 361 g/mol. The molecule has 0 spiro atoms. The second-order valence-corrected chi connectivity index (χ2v) is 6.47. The number of carbonyl (C=O) groups excluding carboxylic acids is 1. The van der Waals surface area contributed by atoms with Crippen molar-refractivity contribution in [3.63, 3.8) is 0 Å². The highest BCUT2D eigenvalue weighted by Crippen LogP contribution is 2.25. The molecular formula is C17H13F2N3O2S. The number of nitrogens with zero attached hydrogens (tertiary/aromatic N) is 2. The molecule has 8 heteroatoms. The molecule has 2 aromatic heterocycles. The van der Waals surface area contributed by atoms with Gasteiger partial charge in [-0.2, -0.15) is 0 Å². The zero-order chi connectivity index (χ0) is 18.0. The van der Waals surface area contributed by atoms with Crippen LogP contribution in [0.25, 0.3) is 11.3 Å². The molecule has 128 valence electrons. The summed E-state index contributed by atoms with van der Waals surface area (Å²) >= 11 is 1.01. The summed E-state index contributed by atoms with van der Waals surface area (Å²) < 4.78 is 27.6. The van der Waals surface area contributed by atoms with Crippen molar-refractivity contribution in [2.24, 2.45) is 0 Å². The first kappa shape index (κ1) is 17.0. The number of aryl methyl sites for hydroxylation is 1. The molecule has 3 rings (SSSR count). The van der Waals surface area contributed by atoms with Crippen LogP contribution in [-0.2, 0) is 11.3 Å². The molecule has 0 bridgehead atoms. The Morgan fingerprint density at radius 3 is 2.60 bits per heavy atom. The smallest absolute Gasteiger partial charge is 0.308 e. The van der Waals surface area contributed by atoms with Crippen LogP contribution in [0, 0.1) is 18.6 Å². The van der Waals surface area contributed by atoms with Gasteiger partial charge in [0.05, 0.1) is 23.8 Å². The molecule has 2 heterocycles. The average molecular weight is 361 g/mol. The third kappa shape index (κ3) is 3.80. The van der Waals surface area contributed by atoms with E-state index in [1.165, 1.54) is 22.9 Å². The van der Waals surface area contributed by atoms with Gasteiger partial charge >= 0.3 is 4.87 Å². The Labute approximate surface area is 145 Å². The van der Waals surface area contributed by atoms with Crippen molar-refractivity contribution >= 4 is 22.9 Å². The maximum absolute atomic E-state index is 13.1. The lowest BCUT2D eigenvalue weighted by molar-refractivity contribution is -0.116. The second-order valence-electron chi connectivity index (χ2n) is 5.31. The Morgan fingerprint density at radius 1 is 1.20 bits per heavy atom. The normalized spacial score (nSPS) is 10.7. The molecule has 0 atom stereocenters. The molecule has 25 heavy (non-hydrogen) atoms. The number of carbonyl (C=O) groups is 1. The number of halogens is 2. The number of amides is 1. The summed E-state index contributed by atoms with van der Waals surface area (Å²) in [6, 6.07) is 6.82. The first-order valence-corrected chi connectivity index (χ1v) is 8.12. The van der Waals surface area contributed by atoms with Crippen LogP contribution in [0.2, 0.25) is 0 Å². The number of aromatic nitrogens is 2. The van der Waals surface area contributed by atoms with Gasteiger partial charge in [-0.3, -0.25) is 19.1 Å². The fourth-order valence-corrected chi connectivity index (χ4v) is 3.30. The summed E-state index contributed by atoms with van der Waals surface area (Å²) in [7, 11) is 0. The number of thiazole rings is 1. The third-order valence-corrected chi connectivity index (χ3v) is 4.37. The van der Waals surface area contributed by atoms with Crippen LogP contribution in [0.1, 0.15) is 4.88 Å². The Bertz CT molecular complexity index is 980. The van der Waals surface area contributed by atoms with Crippen molar-refractivity contribution in [3.05, 3.63) is 68.9 Å². The molecule has 1 amide bonds. The lowest BCUT2D eigenvalue weighted by Crippen LogP contribution is -2.25. The molecule has 0 saturated heterocycles. The zero-order valence-electron chi connectivity index (χ0n) is 13.1. The number of anilines is 1. The molecule has 0 fully saturated rings. The minimum Gasteiger partial charge on any atom is -0.323 e. The van der Waals surface area contributed by atoms with Crippen molar-refractivity contribution in [2.45, 2.75) is 13.5 Å². The van der Waals surface area contributed by atoms with Crippen LogP contribution < -0.4 is 10.2 Å². The van der Waals surface area contributed by atoms with Gasteiger partial charge in [-0.1, -0.05) is 11.3 Å². The van der Waals surface area contributed by atoms with E-state index < -0.39 is 11.7 Å². The molecule has 1 N–H and O–H groups in total. The molecule has 0 aliphatic rings. The third-order valence-electron chi connectivity index (χ3n) is 3.47. The molecule has 0 aliphatic heterocycles. The van der Waals surface area contributed by atoms with Crippen molar-refractivity contribution < 1.29 is 13.6 Å². The molecular weight excluding hydrogens is 348 g/mol. The van der Waals surface area contributed by atoms with Gasteiger partial charge in [0.1, 0.15) is 18.2 Å². The second kappa shape index (κ2) is 6.94. The molecule has 3 aromatic rings. The van der Waals surface area contributed by atoms with Crippen molar-refractivity contribution in [3.8, 4) is 11.3 Å². The van der Waals surface area contributed by atoms with Gasteiger partial charge in [-0.25, -0.2) is 8.78 Å². The number of pyridine rings is 1. The van der Waals surface area contributed by atoms with Gasteiger partial charge in [-0.05, 0) is 36.8 Å². The Morgan fingerprint density at radius 2 is 1.92 bits per heavy atom. The first-order valence-electron chi connectivity index (χ1n) is 7.30. The largest absolute Gasteiger partial charge is 0.323 e. The van der Waals surface area contributed by atoms with Crippen LogP contribution in [0.5, 0.6) is 0 Å². The van der Waals surface area contributed by atoms with Crippen LogP contribution in [-0.4, -0.2) is 15.5 Å². The Hall–Kier alpha value is -2.87. The highest BCUT2D eigenvalue weighted by atomic mass is 32.1.